The molecule has 1 aliphatic rings. The average Bonchev–Trinajstić information content (AvgIpc) is 2.69. The molecule has 28 heavy (non-hydrogen) atoms. The Balaban J connectivity index is 1.56. The van der Waals surface area contributed by atoms with Crippen LogP contribution in [0.15, 0.2) is 48.5 Å². The lowest BCUT2D eigenvalue weighted by atomic mass is 10.1. The highest BCUT2D eigenvalue weighted by atomic mass is 19.3. The predicted molar refractivity (Wildman–Crippen MR) is 106 cm³/mol. The van der Waals surface area contributed by atoms with Crippen LogP contribution in [0.4, 0.5) is 20.2 Å². The molecule has 7 heteroatoms. The molecule has 0 saturated carbocycles. The zero-order valence-corrected chi connectivity index (χ0v) is 16.1. The second-order valence-corrected chi connectivity index (χ2v) is 7.02. The molecule has 0 atom stereocenters. The van der Waals surface area contributed by atoms with Gasteiger partial charge in [0.1, 0.15) is 5.75 Å². The molecule has 0 aromatic heterocycles. The fourth-order valence-electron chi connectivity index (χ4n) is 3.24. The van der Waals surface area contributed by atoms with Crippen molar-refractivity contribution in [2.24, 2.45) is 0 Å². The molecule has 150 valence electrons. The first kappa shape index (κ1) is 20.1. The summed E-state index contributed by atoms with van der Waals surface area (Å²) in [5.74, 6) is -0.200. The molecule has 0 radical (unpaired) electrons. The van der Waals surface area contributed by atoms with Crippen LogP contribution in [0.1, 0.15) is 24.2 Å². The van der Waals surface area contributed by atoms with Gasteiger partial charge in [-0.05, 0) is 62.4 Å². The molecule has 2 aromatic rings. The summed E-state index contributed by atoms with van der Waals surface area (Å²) in [7, 11) is 0. The standard InChI is InChI=1S/C21H25F2N3O2/c1-15(2)25-11-13-26(14-12-25)18-7-3-16(4-8-18)20(27)24-17-5-9-19(10-6-17)28-21(22)23/h3-10,15,21H,11-14H2,1-2H3,(H,24,27). The van der Waals surface area contributed by atoms with Crippen molar-refractivity contribution in [2.75, 3.05) is 36.4 Å². The number of nitrogens with one attached hydrogen (secondary N) is 1. The van der Waals surface area contributed by atoms with Crippen LogP contribution in [0.25, 0.3) is 0 Å². The lowest BCUT2D eigenvalue weighted by Crippen LogP contribution is -2.48. The molecule has 1 amide bonds. The van der Waals surface area contributed by atoms with Gasteiger partial charge in [-0.2, -0.15) is 8.78 Å². The van der Waals surface area contributed by atoms with Crippen molar-refractivity contribution in [3.05, 3.63) is 54.1 Å². The largest absolute Gasteiger partial charge is 0.435 e. The third-order valence-electron chi connectivity index (χ3n) is 4.88. The minimum atomic E-state index is -2.87. The smallest absolute Gasteiger partial charge is 0.387 e. The van der Waals surface area contributed by atoms with Crippen molar-refractivity contribution < 1.29 is 18.3 Å². The number of halogens is 2. The molecule has 0 bridgehead atoms. The molecule has 5 nitrogen and oxygen atoms in total. The second kappa shape index (κ2) is 9.01. The summed E-state index contributed by atoms with van der Waals surface area (Å²) < 4.78 is 28.6. The molecule has 1 heterocycles. The Morgan fingerprint density at radius 2 is 1.57 bits per heavy atom. The van der Waals surface area contributed by atoms with Crippen molar-refractivity contribution in [1.29, 1.82) is 0 Å². The first-order chi connectivity index (χ1) is 13.4. The number of amides is 1. The summed E-state index contributed by atoms with van der Waals surface area (Å²) in [6, 6.07) is 13.9. The Morgan fingerprint density at radius 1 is 0.964 bits per heavy atom. The highest BCUT2D eigenvalue weighted by molar-refractivity contribution is 6.04. The van der Waals surface area contributed by atoms with E-state index >= 15 is 0 Å². The fourth-order valence-corrected chi connectivity index (χ4v) is 3.24. The van der Waals surface area contributed by atoms with Gasteiger partial charge in [0.05, 0.1) is 0 Å². The minimum Gasteiger partial charge on any atom is -0.435 e. The molecule has 1 fully saturated rings. The molecule has 0 aliphatic carbocycles. The van der Waals surface area contributed by atoms with E-state index < -0.39 is 6.61 Å². The van der Waals surface area contributed by atoms with E-state index in [4.69, 9.17) is 0 Å². The SMILES string of the molecule is CC(C)N1CCN(c2ccc(C(=O)Nc3ccc(OC(F)F)cc3)cc2)CC1. The van der Waals surface area contributed by atoms with Gasteiger partial charge in [-0.15, -0.1) is 0 Å². The molecule has 0 unspecified atom stereocenters. The Morgan fingerprint density at radius 3 is 2.11 bits per heavy atom. The van der Waals surface area contributed by atoms with Gasteiger partial charge >= 0.3 is 6.61 Å². The minimum absolute atomic E-state index is 0.0508. The molecule has 1 N–H and O–H groups in total. The number of piperazine rings is 1. The van der Waals surface area contributed by atoms with Gasteiger partial charge in [0.15, 0.2) is 0 Å². The number of rotatable bonds is 6. The van der Waals surface area contributed by atoms with Gasteiger partial charge in [-0.3, -0.25) is 9.69 Å². The third kappa shape index (κ3) is 5.19. The summed E-state index contributed by atoms with van der Waals surface area (Å²) in [6.45, 7) is 5.56. The molecule has 3 rings (SSSR count). The van der Waals surface area contributed by atoms with E-state index in [9.17, 15) is 13.6 Å². The van der Waals surface area contributed by atoms with Crippen molar-refractivity contribution in [3.8, 4) is 5.75 Å². The number of anilines is 2. The number of alkyl halides is 2. The quantitative estimate of drug-likeness (QED) is 0.809. The van der Waals surface area contributed by atoms with Gasteiger partial charge < -0.3 is 15.0 Å². The lowest BCUT2D eigenvalue weighted by Gasteiger charge is -2.38. The number of carbonyl (C=O) groups is 1. The van der Waals surface area contributed by atoms with Crippen molar-refractivity contribution in [3.63, 3.8) is 0 Å². The topological polar surface area (TPSA) is 44.8 Å². The van der Waals surface area contributed by atoms with Gasteiger partial charge in [0, 0.05) is 49.2 Å². The van der Waals surface area contributed by atoms with E-state index in [1.54, 1.807) is 12.1 Å². The predicted octanol–water partition coefficient (Wildman–Crippen LogP) is 4.07. The Bertz CT molecular complexity index is 771. The van der Waals surface area contributed by atoms with Gasteiger partial charge in [0.25, 0.3) is 5.91 Å². The highest BCUT2D eigenvalue weighted by Crippen LogP contribution is 2.20. The normalized spacial score (nSPS) is 15.1. The van der Waals surface area contributed by atoms with Crippen LogP contribution in [0, 0.1) is 0 Å². The van der Waals surface area contributed by atoms with E-state index in [-0.39, 0.29) is 11.7 Å². The number of benzene rings is 2. The van der Waals surface area contributed by atoms with E-state index in [2.05, 4.69) is 33.7 Å². The summed E-state index contributed by atoms with van der Waals surface area (Å²) in [5.41, 5.74) is 2.16. The van der Waals surface area contributed by atoms with Crippen LogP contribution >= 0.6 is 0 Å². The fraction of sp³-hybridized carbons (Fsp3) is 0.381. The maximum absolute atomic E-state index is 12.4. The first-order valence-electron chi connectivity index (χ1n) is 9.37. The summed E-state index contributed by atoms with van der Waals surface area (Å²) in [4.78, 5) is 17.2. The second-order valence-electron chi connectivity index (χ2n) is 7.02. The Kier molecular flexibility index (Phi) is 6.46. The molecular weight excluding hydrogens is 364 g/mol. The summed E-state index contributed by atoms with van der Waals surface area (Å²) >= 11 is 0. The van der Waals surface area contributed by atoms with E-state index in [0.29, 0.717) is 17.3 Å². The first-order valence-corrected chi connectivity index (χ1v) is 9.37. The number of nitrogens with zero attached hydrogens (tertiary/aromatic N) is 2. The molecule has 2 aromatic carbocycles. The van der Waals surface area contributed by atoms with Crippen LogP contribution in [0.5, 0.6) is 5.75 Å². The highest BCUT2D eigenvalue weighted by Gasteiger charge is 2.19. The van der Waals surface area contributed by atoms with Crippen molar-refractivity contribution >= 4 is 17.3 Å². The van der Waals surface area contributed by atoms with Crippen molar-refractivity contribution in [1.82, 2.24) is 4.90 Å². The van der Waals surface area contributed by atoms with Crippen LogP contribution < -0.4 is 15.0 Å². The van der Waals surface area contributed by atoms with Crippen LogP contribution in [-0.4, -0.2) is 49.6 Å². The van der Waals surface area contributed by atoms with Gasteiger partial charge in [0.2, 0.25) is 0 Å². The van der Waals surface area contributed by atoms with E-state index in [1.807, 2.05) is 12.1 Å². The van der Waals surface area contributed by atoms with Crippen LogP contribution in [0.3, 0.4) is 0 Å². The lowest BCUT2D eigenvalue weighted by molar-refractivity contribution is -0.0498. The van der Waals surface area contributed by atoms with Crippen LogP contribution in [0.2, 0.25) is 0 Å². The zero-order valence-electron chi connectivity index (χ0n) is 16.1. The third-order valence-corrected chi connectivity index (χ3v) is 4.88. The van der Waals surface area contributed by atoms with Gasteiger partial charge in [-0.1, -0.05) is 0 Å². The van der Waals surface area contributed by atoms with Crippen molar-refractivity contribution in [2.45, 2.75) is 26.5 Å². The monoisotopic (exact) mass is 389 g/mol. The van der Waals surface area contributed by atoms with Crippen LogP contribution in [-0.2, 0) is 0 Å². The van der Waals surface area contributed by atoms with E-state index in [1.165, 1.54) is 24.3 Å². The summed E-state index contributed by atoms with van der Waals surface area (Å²) in [5, 5.41) is 2.75. The number of ether oxygens (including phenoxy) is 1. The molecule has 0 spiro atoms. The Hall–Kier alpha value is -2.67. The molecular formula is C21H25F2N3O2. The molecule has 1 saturated heterocycles. The molecule has 1 aliphatic heterocycles. The summed E-state index contributed by atoms with van der Waals surface area (Å²) in [6.07, 6.45) is 0. The number of hydrogen-bond acceptors (Lipinski definition) is 4. The number of hydrogen-bond donors (Lipinski definition) is 1. The average molecular weight is 389 g/mol. The van der Waals surface area contributed by atoms with Gasteiger partial charge in [-0.25, -0.2) is 0 Å². The maximum atomic E-state index is 12.4. The zero-order chi connectivity index (χ0) is 20.1. The number of carbonyl (C=O) groups excluding carboxylic acids is 1. The maximum Gasteiger partial charge on any atom is 0.387 e. The Labute approximate surface area is 163 Å². The van der Waals surface area contributed by atoms with E-state index in [0.717, 1.165) is 31.9 Å².